The van der Waals surface area contributed by atoms with Gasteiger partial charge >= 0.3 is 6.03 Å². The van der Waals surface area contributed by atoms with E-state index in [0.717, 1.165) is 24.4 Å². The SMILES string of the molecule is COc1ccc(C2(C)NC(=O)N(CC(=O)N(C)C3CCNC3)C2=O)cc1. The van der Waals surface area contributed by atoms with Crippen LogP contribution in [0.2, 0.25) is 0 Å². The number of amides is 4. The fraction of sp³-hybridized carbons (Fsp3) is 0.500. The van der Waals surface area contributed by atoms with Crippen LogP contribution in [0.5, 0.6) is 5.75 Å². The lowest BCUT2D eigenvalue weighted by Crippen LogP contribution is -2.46. The summed E-state index contributed by atoms with van der Waals surface area (Å²) in [4.78, 5) is 40.4. The lowest BCUT2D eigenvalue weighted by atomic mass is 9.92. The molecule has 4 amide bonds. The van der Waals surface area contributed by atoms with E-state index in [1.54, 1.807) is 50.2 Å². The zero-order valence-electron chi connectivity index (χ0n) is 15.2. The van der Waals surface area contributed by atoms with Crippen LogP contribution < -0.4 is 15.4 Å². The van der Waals surface area contributed by atoms with E-state index in [9.17, 15) is 14.4 Å². The van der Waals surface area contributed by atoms with Crippen molar-refractivity contribution in [3.63, 3.8) is 0 Å². The van der Waals surface area contributed by atoms with Crippen molar-refractivity contribution in [1.82, 2.24) is 20.4 Å². The molecule has 26 heavy (non-hydrogen) atoms. The van der Waals surface area contributed by atoms with E-state index in [2.05, 4.69) is 10.6 Å². The normalized spacial score (nSPS) is 25.3. The highest BCUT2D eigenvalue weighted by Gasteiger charge is 2.49. The molecular formula is C18H24N4O4. The predicted octanol–water partition coefficient (Wildman–Crippen LogP) is 0.283. The molecule has 3 rings (SSSR count). The number of hydrogen-bond donors (Lipinski definition) is 2. The number of ether oxygens (including phenoxy) is 1. The van der Waals surface area contributed by atoms with Gasteiger partial charge in [-0.05, 0) is 37.6 Å². The summed E-state index contributed by atoms with van der Waals surface area (Å²) in [5.41, 5.74) is -0.558. The number of methoxy groups -OCH3 is 1. The van der Waals surface area contributed by atoms with Crippen LogP contribution >= 0.6 is 0 Å². The Kier molecular flexibility index (Phi) is 4.86. The summed E-state index contributed by atoms with van der Waals surface area (Å²) < 4.78 is 5.12. The van der Waals surface area contributed by atoms with E-state index in [0.29, 0.717) is 11.3 Å². The number of carbonyl (C=O) groups is 3. The van der Waals surface area contributed by atoms with Gasteiger partial charge in [-0.1, -0.05) is 12.1 Å². The largest absolute Gasteiger partial charge is 0.497 e. The fourth-order valence-corrected chi connectivity index (χ4v) is 3.38. The summed E-state index contributed by atoms with van der Waals surface area (Å²) in [6.07, 6.45) is 0.867. The third-order valence-electron chi connectivity index (χ3n) is 5.21. The molecule has 0 spiro atoms. The molecule has 2 N–H and O–H groups in total. The number of nitrogens with one attached hydrogen (secondary N) is 2. The first kappa shape index (κ1) is 18.2. The average Bonchev–Trinajstić information content (AvgIpc) is 3.25. The fourth-order valence-electron chi connectivity index (χ4n) is 3.38. The maximum absolute atomic E-state index is 12.9. The Morgan fingerprint density at radius 1 is 1.35 bits per heavy atom. The molecule has 8 nitrogen and oxygen atoms in total. The molecule has 0 radical (unpaired) electrons. The van der Waals surface area contributed by atoms with Crippen LogP contribution in [0.4, 0.5) is 4.79 Å². The highest BCUT2D eigenvalue weighted by molar-refractivity contribution is 6.09. The summed E-state index contributed by atoms with van der Waals surface area (Å²) in [6, 6.07) is 6.47. The molecule has 0 aromatic heterocycles. The first-order valence-corrected chi connectivity index (χ1v) is 8.62. The van der Waals surface area contributed by atoms with Crippen molar-refractivity contribution < 1.29 is 19.1 Å². The first-order chi connectivity index (χ1) is 12.4. The molecular weight excluding hydrogens is 336 g/mol. The second-order valence-corrected chi connectivity index (χ2v) is 6.83. The monoisotopic (exact) mass is 360 g/mol. The second-order valence-electron chi connectivity index (χ2n) is 6.83. The van der Waals surface area contributed by atoms with Crippen molar-refractivity contribution in [3.8, 4) is 5.75 Å². The van der Waals surface area contributed by atoms with Crippen molar-refractivity contribution in [2.75, 3.05) is 33.8 Å². The van der Waals surface area contributed by atoms with Gasteiger partial charge < -0.3 is 20.3 Å². The average molecular weight is 360 g/mol. The molecule has 0 aliphatic carbocycles. The lowest BCUT2D eigenvalue weighted by Gasteiger charge is -2.26. The van der Waals surface area contributed by atoms with Gasteiger partial charge in [-0.15, -0.1) is 0 Å². The maximum atomic E-state index is 12.9. The highest BCUT2D eigenvalue weighted by Crippen LogP contribution is 2.30. The summed E-state index contributed by atoms with van der Waals surface area (Å²) in [5.74, 6) is -0.0203. The van der Waals surface area contributed by atoms with Gasteiger partial charge in [0.1, 0.15) is 17.8 Å². The van der Waals surface area contributed by atoms with E-state index < -0.39 is 17.5 Å². The van der Waals surface area contributed by atoms with Crippen LogP contribution in [0, 0.1) is 0 Å². The lowest BCUT2D eigenvalue weighted by molar-refractivity contribution is -0.139. The van der Waals surface area contributed by atoms with Gasteiger partial charge in [-0.3, -0.25) is 14.5 Å². The molecule has 2 unspecified atom stereocenters. The van der Waals surface area contributed by atoms with E-state index >= 15 is 0 Å². The summed E-state index contributed by atoms with van der Waals surface area (Å²) in [5, 5.41) is 5.91. The van der Waals surface area contributed by atoms with Crippen LogP contribution in [0.3, 0.4) is 0 Å². The quantitative estimate of drug-likeness (QED) is 0.736. The Morgan fingerprint density at radius 2 is 2.04 bits per heavy atom. The zero-order chi connectivity index (χ0) is 18.9. The number of rotatable bonds is 5. The minimum atomic E-state index is -1.20. The molecule has 0 saturated carbocycles. The molecule has 0 bridgehead atoms. The highest BCUT2D eigenvalue weighted by atomic mass is 16.5. The van der Waals surface area contributed by atoms with Crippen molar-refractivity contribution in [1.29, 1.82) is 0 Å². The van der Waals surface area contributed by atoms with Crippen LogP contribution in [-0.2, 0) is 15.1 Å². The van der Waals surface area contributed by atoms with Crippen molar-refractivity contribution >= 4 is 17.8 Å². The second kappa shape index (κ2) is 6.95. The van der Waals surface area contributed by atoms with E-state index in [1.165, 1.54) is 0 Å². The number of hydrogen-bond acceptors (Lipinski definition) is 5. The third kappa shape index (κ3) is 3.12. The maximum Gasteiger partial charge on any atom is 0.325 e. The smallest absolute Gasteiger partial charge is 0.325 e. The van der Waals surface area contributed by atoms with Gasteiger partial charge in [0, 0.05) is 19.6 Å². The molecule has 140 valence electrons. The summed E-state index contributed by atoms with van der Waals surface area (Å²) in [7, 11) is 3.27. The van der Waals surface area contributed by atoms with Crippen molar-refractivity contribution in [3.05, 3.63) is 29.8 Å². The zero-order valence-corrected chi connectivity index (χ0v) is 15.2. The molecule has 2 aliphatic rings. The van der Waals surface area contributed by atoms with Crippen LogP contribution in [0.25, 0.3) is 0 Å². The number of carbonyl (C=O) groups excluding carboxylic acids is 3. The Morgan fingerprint density at radius 3 is 2.62 bits per heavy atom. The van der Waals surface area contributed by atoms with Gasteiger partial charge in [0.05, 0.1) is 7.11 Å². The van der Waals surface area contributed by atoms with Crippen LogP contribution in [0.15, 0.2) is 24.3 Å². The number of urea groups is 1. The van der Waals surface area contributed by atoms with Crippen molar-refractivity contribution in [2.24, 2.45) is 0 Å². The van der Waals surface area contributed by atoms with Gasteiger partial charge in [0.15, 0.2) is 0 Å². The Balaban J connectivity index is 1.74. The minimum Gasteiger partial charge on any atom is -0.497 e. The van der Waals surface area contributed by atoms with Crippen LogP contribution in [-0.4, -0.2) is 67.5 Å². The molecule has 2 saturated heterocycles. The topological polar surface area (TPSA) is 91.0 Å². The summed E-state index contributed by atoms with van der Waals surface area (Å²) in [6.45, 7) is 2.97. The number of nitrogens with zero attached hydrogens (tertiary/aromatic N) is 2. The van der Waals surface area contributed by atoms with E-state index in [-0.39, 0.29) is 18.5 Å². The molecule has 2 atom stereocenters. The van der Waals surface area contributed by atoms with Crippen LogP contribution in [0.1, 0.15) is 18.9 Å². The molecule has 1 aromatic carbocycles. The molecule has 1 aromatic rings. The summed E-state index contributed by atoms with van der Waals surface area (Å²) >= 11 is 0. The molecule has 2 heterocycles. The molecule has 2 aliphatic heterocycles. The predicted molar refractivity (Wildman–Crippen MR) is 94.6 cm³/mol. The van der Waals surface area contributed by atoms with Gasteiger partial charge in [-0.25, -0.2) is 4.79 Å². The Bertz CT molecular complexity index is 714. The van der Waals surface area contributed by atoms with Gasteiger partial charge in [-0.2, -0.15) is 0 Å². The van der Waals surface area contributed by atoms with Crippen molar-refractivity contribution in [2.45, 2.75) is 24.9 Å². The molecule has 8 heteroatoms. The van der Waals surface area contributed by atoms with Gasteiger partial charge in [0.25, 0.3) is 5.91 Å². The van der Waals surface area contributed by atoms with E-state index in [4.69, 9.17) is 4.74 Å². The van der Waals surface area contributed by atoms with E-state index in [1.807, 2.05) is 0 Å². The third-order valence-corrected chi connectivity index (χ3v) is 5.21. The van der Waals surface area contributed by atoms with Gasteiger partial charge in [0.2, 0.25) is 5.91 Å². The standard InChI is InChI=1S/C18H24N4O4/c1-18(12-4-6-14(26-3)7-5-12)16(24)22(17(25)20-18)11-15(23)21(2)13-8-9-19-10-13/h4-7,13,19H,8-11H2,1-3H3,(H,20,25). The Hall–Kier alpha value is -2.61. The Labute approximate surface area is 152 Å². The first-order valence-electron chi connectivity index (χ1n) is 8.62. The minimum absolute atomic E-state index is 0.0937. The number of benzene rings is 1. The number of likely N-dealkylation sites (N-methyl/N-ethyl adjacent to an activating group) is 1. The number of imide groups is 1. The molecule has 2 fully saturated rings.